The normalized spacial score (nSPS) is 27.9. The van der Waals surface area contributed by atoms with Crippen LogP contribution in [-0.4, -0.2) is 52.0 Å². The van der Waals surface area contributed by atoms with Crippen LogP contribution in [0.1, 0.15) is 29.8 Å². The summed E-state index contributed by atoms with van der Waals surface area (Å²) < 4.78 is 0. The number of aliphatic hydroxyl groups excluding tert-OH is 1. The molecule has 0 fully saturated rings. The van der Waals surface area contributed by atoms with Crippen LogP contribution in [0.2, 0.25) is 0 Å². The SMILES string of the molecule is CC1(O)c2ccccc2C(O)N1CCN1C=NCC1Cc1ccccc1. The molecule has 2 aromatic rings. The summed E-state index contributed by atoms with van der Waals surface area (Å²) in [6.45, 7) is 3.80. The van der Waals surface area contributed by atoms with Crippen LogP contribution in [0.25, 0.3) is 0 Å². The molecule has 2 aliphatic rings. The van der Waals surface area contributed by atoms with Crippen molar-refractivity contribution in [3.63, 3.8) is 0 Å². The quantitative estimate of drug-likeness (QED) is 0.866. The number of hydrogen-bond donors (Lipinski definition) is 2. The lowest BCUT2D eigenvalue weighted by Gasteiger charge is -2.35. The molecule has 4 rings (SSSR count). The zero-order valence-corrected chi connectivity index (χ0v) is 15.0. The number of benzene rings is 2. The lowest BCUT2D eigenvalue weighted by molar-refractivity contribution is -0.155. The second kappa shape index (κ2) is 6.83. The predicted octanol–water partition coefficient (Wildman–Crippen LogP) is 2.11. The maximum Gasteiger partial charge on any atom is 0.144 e. The smallest absolute Gasteiger partial charge is 0.144 e. The molecule has 0 saturated heterocycles. The molecule has 26 heavy (non-hydrogen) atoms. The molecular formula is C21H25N3O2. The van der Waals surface area contributed by atoms with Crippen LogP contribution in [0.3, 0.4) is 0 Å². The van der Waals surface area contributed by atoms with Crippen molar-refractivity contribution in [1.82, 2.24) is 9.80 Å². The third-order valence-electron chi connectivity index (χ3n) is 5.53. The van der Waals surface area contributed by atoms with Crippen LogP contribution in [0, 0.1) is 0 Å². The summed E-state index contributed by atoms with van der Waals surface area (Å²) in [6.07, 6.45) is 2.06. The first-order valence-electron chi connectivity index (χ1n) is 9.13. The molecule has 0 spiro atoms. The number of fused-ring (bicyclic) bond motifs is 1. The molecule has 0 aromatic heterocycles. The highest BCUT2D eigenvalue weighted by Crippen LogP contribution is 2.42. The summed E-state index contributed by atoms with van der Waals surface area (Å²) >= 11 is 0. The van der Waals surface area contributed by atoms with E-state index >= 15 is 0 Å². The highest BCUT2D eigenvalue weighted by Gasteiger charge is 2.45. The van der Waals surface area contributed by atoms with E-state index in [0.717, 1.165) is 24.1 Å². The average molecular weight is 351 g/mol. The number of aliphatic hydroxyl groups is 2. The van der Waals surface area contributed by atoms with Crippen LogP contribution in [0.4, 0.5) is 0 Å². The second-order valence-corrected chi connectivity index (χ2v) is 7.24. The third kappa shape index (κ3) is 3.03. The molecule has 5 heteroatoms. The molecule has 2 N–H and O–H groups in total. The van der Waals surface area contributed by atoms with Gasteiger partial charge in [-0.15, -0.1) is 0 Å². The first-order valence-corrected chi connectivity index (χ1v) is 9.13. The molecule has 0 amide bonds. The summed E-state index contributed by atoms with van der Waals surface area (Å²) in [4.78, 5) is 8.41. The molecule has 5 nitrogen and oxygen atoms in total. The maximum atomic E-state index is 11.0. The van der Waals surface area contributed by atoms with Gasteiger partial charge in [0.15, 0.2) is 0 Å². The fourth-order valence-electron chi connectivity index (χ4n) is 4.06. The molecule has 136 valence electrons. The lowest BCUT2D eigenvalue weighted by Crippen LogP contribution is -2.46. The Bertz CT molecular complexity index is 791. The van der Waals surface area contributed by atoms with Gasteiger partial charge in [-0.2, -0.15) is 0 Å². The molecule has 2 heterocycles. The van der Waals surface area contributed by atoms with Crippen molar-refractivity contribution in [3.8, 4) is 0 Å². The van der Waals surface area contributed by atoms with Crippen LogP contribution in [0.15, 0.2) is 59.6 Å². The van der Waals surface area contributed by atoms with Crippen LogP contribution in [-0.2, 0) is 12.1 Å². The van der Waals surface area contributed by atoms with Gasteiger partial charge in [0.05, 0.1) is 18.9 Å². The maximum absolute atomic E-state index is 11.0. The van der Waals surface area contributed by atoms with Crippen molar-refractivity contribution >= 4 is 6.34 Å². The van der Waals surface area contributed by atoms with E-state index in [4.69, 9.17) is 0 Å². The highest BCUT2D eigenvalue weighted by atomic mass is 16.3. The van der Waals surface area contributed by atoms with Gasteiger partial charge >= 0.3 is 0 Å². The van der Waals surface area contributed by atoms with Crippen LogP contribution >= 0.6 is 0 Å². The summed E-state index contributed by atoms with van der Waals surface area (Å²) in [7, 11) is 0. The molecule has 3 atom stereocenters. The summed E-state index contributed by atoms with van der Waals surface area (Å²) in [5.74, 6) is 0. The van der Waals surface area contributed by atoms with E-state index < -0.39 is 12.0 Å². The summed E-state index contributed by atoms with van der Waals surface area (Å²) in [5, 5.41) is 21.6. The van der Waals surface area contributed by atoms with Gasteiger partial charge in [-0.25, -0.2) is 4.90 Å². The molecule has 2 aromatic carbocycles. The Hall–Kier alpha value is -2.21. The van der Waals surface area contributed by atoms with E-state index in [-0.39, 0.29) is 0 Å². The molecule has 3 unspecified atom stereocenters. The zero-order chi connectivity index (χ0) is 18.1. The van der Waals surface area contributed by atoms with Gasteiger partial charge in [-0.05, 0) is 18.9 Å². The van der Waals surface area contributed by atoms with Gasteiger partial charge < -0.3 is 15.1 Å². The fraction of sp³-hybridized carbons (Fsp3) is 0.381. The van der Waals surface area contributed by atoms with Gasteiger partial charge in [-0.1, -0.05) is 54.6 Å². The number of nitrogens with zero attached hydrogens (tertiary/aromatic N) is 3. The minimum absolute atomic E-state index is 0.324. The molecule has 0 bridgehead atoms. The van der Waals surface area contributed by atoms with Gasteiger partial charge in [0, 0.05) is 24.2 Å². The van der Waals surface area contributed by atoms with E-state index in [1.54, 1.807) is 11.8 Å². The van der Waals surface area contributed by atoms with E-state index in [1.807, 2.05) is 36.7 Å². The van der Waals surface area contributed by atoms with Crippen molar-refractivity contribution in [2.45, 2.75) is 31.3 Å². The van der Waals surface area contributed by atoms with Crippen molar-refractivity contribution in [3.05, 3.63) is 71.3 Å². The number of hydrogen-bond acceptors (Lipinski definition) is 5. The van der Waals surface area contributed by atoms with E-state index in [2.05, 4.69) is 34.2 Å². The highest BCUT2D eigenvalue weighted by molar-refractivity contribution is 5.58. The van der Waals surface area contributed by atoms with E-state index in [0.29, 0.717) is 19.1 Å². The predicted molar refractivity (Wildman–Crippen MR) is 102 cm³/mol. The molecular weight excluding hydrogens is 326 g/mol. The van der Waals surface area contributed by atoms with Gasteiger partial charge in [-0.3, -0.25) is 4.99 Å². The van der Waals surface area contributed by atoms with Gasteiger partial charge in [0.1, 0.15) is 12.0 Å². The van der Waals surface area contributed by atoms with Crippen LogP contribution in [0.5, 0.6) is 0 Å². The first-order chi connectivity index (χ1) is 12.6. The van der Waals surface area contributed by atoms with Crippen LogP contribution < -0.4 is 0 Å². The summed E-state index contributed by atoms with van der Waals surface area (Å²) in [5.41, 5.74) is 1.70. The Kier molecular flexibility index (Phi) is 4.53. The van der Waals surface area contributed by atoms with Crippen molar-refractivity contribution in [2.75, 3.05) is 19.6 Å². The van der Waals surface area contributed by atoms with Gasteiger partial charge in [0.2, 0.25) is 0 Å². The minimum atomic E-state index is -1.16. The number of rotatable bonds is 5. The Morgan fingerprint density at radius 2 is 1.81 bits per heavy atom. The topological polar surface area (TPSA) is 59.3 Å². The Balaban J connectivity index is 1.43. The minimum Gasteiger partial charge on any atom is -0.374 e. The second-order valence-electron chi connectivity index (χ2n) is 7.24. The monoisotopic (exact) mass is 351 g/mol. The van der Waals surface area contributed by atoms with Crippen molar-refractivity contribution in [2.24, 2.45) is 4.99 Å². The number of aliphatic imine (C=N–C) groups is 1. The Morgan fingerprint density at radius 1 is 1.08 bits per heavy atom. The summed E-state index contributed by atoms with van der Waals surface area (Å²) in [6, 6.07) is 18.3. The fourth-order valence-corrected chi connectivity index (χ4v) is 4.06. The zero-order valence-electron chi connectivity index (χ0n) is 15.0. The van der Waals surface area contributed by atoms with Crippen molar-refractivity contribution in [1.29, 1.82) is 0 Å². The Labute approximate surface area is 154 Å². The lowest BCUT2D eigenvalue weighted by atomic mass is 10.0. The molecule has 2 aliphatic heterocycles. The third-order valence-corrected chi connectivity index (χ3v) is 5.53. The molecule has 0 aliphatic carbocycles. The molecule has 0 saturated carbocycles. The van der Waals surface area contributed by atoms with Gasteiger partial charge in [0.25, 0.3) is 0 Å². The standard InChI is InChI=1S/C21H25N3O2/c1-21(26)19-10-6-5-9-18(19)20(25)24(21)12-11-23-15-22-14-17(23)13-16-7-3-2-4-8-16/h2-10,15,17,20,25-26H,11-14H2,1H3. The largest absolute Gasteiger partial charge is 0.374 e. The Morgan fingerprint density at radius 3 is 2.58 bits per heavy atom. The van der Waals surface area contributed by atoms with E-state index in [1.165, 1.54) is 5.56 Å². The van der Waals surface area contributed by atoms with Crippen molar-refractivity contribution < 1.29 is 10.2 Å². The average Bonchev–Trinajstić information content (AvgIpc) is 3.16. The van der Waals surface area contributed by atoms with E-state index in [9.17, 15) is 10.2 Å². The first kappa shape index (κ1) is 17.2. The molecule has 0 radical (unpaired) electrons.